The topological polar surface area (TPSA) is 21.3 Å². The minimum Gasteiger partial charge on any atom is -0.497 e. The van der Waals surface area contributed by atoms with E-state index < -0.39 is 0 Å². The summed E-state index contributed by atoms with van der Waals surface area (Å²) in [5.74, 6) is 0.857. The van der Waals surface area contributed by atoms with E-state index in [1.807, 2.05) is 42.5 Å². The number of benzene rings is 2. The van der Waals surface area contributed by atoms with Crippen LogP contribution in [0.15, 0.2) is 46.9 Å². The lowest BCUT2D eigenvalue weighted by atomic mass is 10.1. The van der Waals surface area contributed by atoms with E-state index in [0.717, 1.165) is 32.9 Å². The maximum absolute atomic E-state index is 6.21. The molecule has 0 bridgehead atoms. The van der Waals surface area contributed by atoms with Crippen molar-refractivity contribution in [2.75, 3.05) is 7.11 Å². The van der Waals surface area contributed by atoms with Crippen LogP contribution in [-0.2, 0) is 6.54 Å². The van der Waals surface area contributed by atoms with Gasteiger partial charge >= 0.3 is 0 Å². The first-order valence-electron chi connectivity index (χ1n) is 6.42. The summed E-state index contributed by atoms with van der Waals surface area (Å²) < 4.78 is 6.32. The molecule has 0 saturated heterocycles. The summed E-state index contributed by atoms with van der Waals surface area (Å²) in [5.41, 5.74) is 2.26. The van der Waals surface area contributed by atoms with Crippen molar-refractivity contribution in [2.45, 2.75) is 19.5 Å². The predicted octanol–water partition coefficient (Wildman–Crippen LogP) is 4.96. The van der Waals surface area contributed by atoms with Crippen LogP contribution in [-0.4, -0.2) is 7.11 Å². The zero-order valence-corrected chi connectivity index (χ0v) is 13.8. The van der Waals surface area contributed by atoms with E-state index in [1.165, 1.54) is 0 Å². The molecule has 2 rings (SSSR count). The molecule has 4 heteroatoms. The number of ether oxygens (including phenoxy) is 1. The van der Waals surface area contributed by atoms with Crippen LogP contribution in [0.3, 0.4) is 0 Å². The van der Waals surface area contributed by atoms with Crippen LogP contribution in [0.2, 0.25) is 5.02 Å². The Morgan fingerprint density at radius 1 is 1.25 bits per heavy atom. The van der Waals surface area contributed by atoms with Crippen LogP contribution in [0.5, 0.6) is 5.75 Å². The summed E-state index contributed by atoms with van der Waals surface area (Å²) in [6, 6.07) is 14.0. The average Bonchev–Trinajstić information content (AvgIpc) is 2.46. The second-order valence-electron chi connectivity index (χ2n) is 4.58. The first-order valence-corrected chi connectivity index (χ1v) is 7.59. The van der Waals surface area contributed by atoms with Gasteiger partial charge in [0.1, 0.15) is 5.75 Å². The standard InChI is InChI=1S/C16H17BrClNO/c1-11(14-5-3-4-6-16(14)18)19-10-12-9-13(20-2)7-8-15(12)17/h3-9,11,19H,10H2,1-2H3/t11-/m1/s1. The van der Waals surface area contributed by atoms with Gasteiger partial charge in [0.05, 0.1) is 7.11 Å². The molecule has 0 heterocycles. The van der Waals surface area contributed by atoms with Gasteiger partial charge in [0.25, 0.3) is 0 Å². The number of halogens is 2. The van der Waals surface area contributed by atoms with Crippen LogP contribution in [0.25, 0.3) is 0 Å². The Bertz CT molecular complexity index is 588. The third-order valence-corrected chi connectivity index (χ3v) is 4.34. The van der Waals surface area contributed by atoms with Gasteiger partial charge in [0.2, 0.25) is 0 Å². The van der Waals surface area contributed by atoms with Crippen molar-refractivity contribution < 1.29 is 4.74 Å². The molecule has 0 aliphatic rings. The maximum atomic E-state index is 6.21. The summed E-state index contributed by atoms with van der Waals surface area (Å²) in [6.07, 6.45) is 0. The van der Waals surface area contributed by atoms with Crippen LogP contribution in [0.1, 0.15) is 24.1 Å². The van der Waals surface area contributed by atoms with Gasteiger partial charge in [-0.05, 0) is 42.3 Å². The van der Waals surface area contributed by atoms with Crippen molar-refractivity contribution >= 4 is 27.5 Å². The van der Waals surface area contributed by atoms with Gasteiger partial charge < -0.3 is 10.1 Å². The molecule has 0 unspecified atom stereocenters. The summed E-state index contributed by atoms with van der Waals surface area (Å²) in [6.45, 7) is 2.85. The minimum atomic E-state index is 0.182. The van der Waals surface area contributed by atoms with Crippen molar-refractivity contribution in [3.8, 4) is 5.75 Å². The lowest BCUT2D eigenvalue weighted by Crippen LogP contribution is -2.18. The van der Waals surface area contributed by atoms with E-state index >= 15 is 0 Å². The molecule has 20 heavy (non-hydrogen) atoms. The fourth-order valence-corrected chi connectivity index (χ4v) is 2.70. The Balaban J connectivity index is 2.07. The second kappa shape index (κ2) is 7.11. The first kappa shape index (κ1) is 15.4. The van der Waals surface area contributed by atoms with Gasteiger partial charge in [0, 0.05) is 22.1 Å². The van der Waals surface area contributed by atoms with Crippen molar-refractivity contribution in [3.63, 3.8) is 0 Å². The Morgan fingerprint density at radius 3 is 2.70 bits per heavy atom. The quantitative estimate of drug-likeness (QED) is 0.819. The highest BCUT2D eigenvalue weighted by molar-refractivity contribution is 9.10. The molecule has 106 valence electrons. The fourth-order valence-electron chi connectivity index (χ4n) is 2.01. The number of rotatable bonds is 5. The minimum absolute atomic E-state index is 0.182. The number of hydrogen-bond donors (Lipinski definition) is 1. The molecule has 0 saturated carbocycles. The van der Waals surface area contributed by atoms with Crippen molar-refractivity contribution in [1.82, 2.24) is 5.32 Å². The zero-order chi connectivity index (χ0) is 14.5. The Labute approximate surface area is 133 Å². The van der Waals surface area contributed by atoms with Gasteiger partial charge in [-0.15, -0.1) is 0 Å². The van der Waals surface area contributed by atoms with Gasteiger partial charge in [-0.2, -0.15) is 0 Å². The summed E-state index contributed by atoms with van der Waals surface area (Å²) in [7, 11) is 1.67. The van der Waals surface area contributed by atoms with E-state index in [9.17, 15) is 0 Å². The Morgan fingerprint density at radius 2 is 2.00 bits per heavy atom. The highest BCUT2D eigenvalue weighted by atomic mass is 79.9. The molecule has 2 nitrogen and oxygen atoms in total. The van der Waals surface area contributed by atoms with E-state index in [0.29, 0.717) is 0 Å². The molecule has 0 spiro atoms. The molecule has 0 aliphatic carbocycles. The van der Waals surface area contributed by atoms with Gasteiger partial charge in [0.15, 0.2) is 0 Å². The van der Waals surface area contributed by atoms with Crippen molar-refractivity contribution in [3.05, 3.63) is 63.1 Å². The van der Waals surface area contributed by atoms with E-state index in [1.54, 1.807) is 7.11 Å². The maximum Gasteiger partial charge on any atom is 0.119 e. The SMILES string of the molecule is COc1ccc(Br)c(CN[C@H](C)c2ccccc2Cl)c1. The van der Waals surface area contributed by atoms with E-state index in [4.69, 9.17) is 16.3 Å². The van der Waals surface area contributed by atoms with Crippen LogP contribution < -0.4 is 10.1 Å². The molecule has 0 amide bonds. The lowest BCUT2D eigenvalue weighted by molar-refractivity contribution is 0.413. The summed E-state index contributed by atoms with van der Waals surface area (Å²) in [4.78, 5) is 0. The van der Waals surface area contributed by atoms with Gasteiger partial charge in [-0.1, -0.05) is 45.7 Å². The number of nitrogens with one attached hydrogen (secondary N) is 1. The summed E-state index contributed by atoms with van der Waals surface area (Å²) in [5, 5.41) is 4.27. The first-order chi connectivity index (χ1) is 9.61. The zero-order valence-electron chi connectivity index (χ0n) is 11.5. The van der Waals surface area contributed by atoms with E-state index in [-0.39, 0.29) is 6.04 Å². The van der Waals surface area contributed by atoms with Crippen molar-refractivity contribution in [1.29, 1.82) is 0 Å². The molecule has 0 radical (unpaired) electrons. The Kier molecular flexibility index (Phi) is 5.46. The van der Waals surface area contributed by atoms with Gasteiger partial charge in [-0.25, -0.2) is 0 Å². The lowest BCUT2D eigenvalue weighted by Gasteiger charge is -2.16. The Hall–Kier alpha value is -1.03. The third-order valence-electron chi connectivity index (χ3n) is 3.22. The van der Waals surface area contributed by atoms with Crippen LogP contribution in [0.4, 0.5) is 0 Å². The molecule has 1 N–H and O–H groups in total. The highest BCUT2D eigenvalue weighted by Crippen LogP contribution is 2.25. The van der Waals surface area contributed by atoms with Crippen LogP contribution >= 0.6 is 27.5 Å². The molecule has 0 aliphatic heterocycles. The molecule has 0 fully saturated rings. The fraction of sp³-hybridized carbons (Fsp3) is 0.250. The summed E-state index contributed by atoms with van der Waals surface area (Å²) >= 11 is 9.77. The normalized spacial score (nSPS) is 12.2. The monoisotopic (exact) mass is 353 g/mol. The molecule has 2 aromatic carbocycles. The highest BCUT2D eigenvalue weighted by Gasteiger charge is 2.09. The van der Waals surface area contributed by atoms with E-state index in [2.05, 4.69) is 28.2 Å². The van der Waals surface area contributed by atoms with Crippen LogP contribution in [0, 0.1) is 0 Å². The molecule has 2 aromatic rings. The largest absolute Gasteiger partial charge is 0.497 e. The number of methoxy groups -OCH3 is 1. The number of hydrogen-bond acceptors (Lipinski definition) is 2. The molecular weight excluding hydrogens is 338 g/mol. The second-order valence-corrected chi connectivity index (χ2v) is 5.84. The average molecular weight is 355 g/mol. The van der Waals surface area contributed by atoms with Gasteiger partial charge in [-0.3, -0.25) is 0 Å². The predicted molar refractivity (Wildman–Crippen MR) is 87.4 cm³/mol. The molecular formula is C16H17BrClNO. The van der Waals surface area contributed by atoms with Crippen molar-refractivity contribution in [2.24, 2.45) is 0 Å². The smallest absolute Gasteiger partial charge is 0.119 e. The molecule has 0 aromatic heterocycles. The molecule has 1 atom stereocenters. The third kappa shape index (κ3) is 3.75.